The highest BCUT2D eigenvalue weighted by atomic mass is 35.5. The first-order valence-electron chi connectivity index (χ1n) is 5.85. The average Bonchev–Trinajstić information content (AvgIpc) is 2.72. The third-order valence-electron chi connectivity index (χ3n) is 2.57. The molecule has 0 saturated carbocycles. The zero-order chi connectivity index (χ0) is 16.5. The van der Waals surface area contributed by atoms with Gasteiger partial charge in [-0.05, 0) is 28.0 Å². The normalized spacial score (nSPS) is 11.5. The largest absolute Gasteiger partial charge is 0.381 e. The Hall–Kier alpha value is -0.800. The molecule has 2 rings (SSSR count). The number of hydrogen-bond acceptors (Lipinski definition) is 7. The van der Waals surface area contributed by atoms with Crippen LogP contribution in [0.1, 0.15) is 5.56 Å². The Morgan fingerprint density at radius 1 is 1.27 bits per heavy atom. The average molecular weight is 400 g/mol. The van der Waals surface area contributed by atoms with Gasteiger partial charge in [-0.3, -0.25) is 4.79 Å². The van der Waals surface area contributed by atoms with Crippen LogP contribution in [-0.2, 0) is 16.7 Å². The predicted octanol–water partition coefficient (Wildman–Crippen LogP) is 3.45. The van der Waals surface area contributed by atoms with E-state index in [2.05, 4.69) is 0 Å². The van der Waals surface area contributed by atoms with E-state index < -0.39 is 10.1 Å². The zero-order valence-electron chi connectivity index (χ0n) is 11.5. The van der Waals surface area contributed by atoms with E-state index in [1.54, 1.807) is 19.2 Å². The van der Waals surface area contributed by atoms with Gasteiger partial charge in [-0.25, -0.2) is 0 Å². The molecule has 0 saturated heterocycles. The Bertz CT molecular complexity index is 844. The summed E-state index contributed by atoms with van der Waals surface area (Å²) in [6.07, 6.45) is 0.950. The summed E-state index contributed by atoms with van der Waals surface area (Å²) in [5.74, 6) is 0.0776. The van der Waals surface area contributed by atoms with Crippen LogP contribution in [0.3, 0.4) is 0 Å². The van der Waals surface area contributed by atoms with Gasteiger partial charge in [0.05, 0.1) is 11.3 Å². The molecule has 1 aromatic carbocycles. The van der Waals surface area contributed by atoms with Gasteiger partial charge in [-0.1, -0.05) is 39.6 Å². The van der Waals surface area contributed by atoms with Crippen molar-refractivity contribution in [2.24, 2.45) is 0 Å². The van der Waals surface area contributed by atoms with Crippen LogP contribution in [0, 0.1) is 0 Å². The summed E-state index contributed by atoms with van der Waals surface area (Å²) in [5.41, 5.74) is 0.829. The van der Waals surface area contributed by atoms with Crippen molar-refractivity contribution in [1.82, 2.24) is 0 Å². The van der Waals surface area contributed by atoms with Gasteiger partial charge in [-0.15, -0.1) is 0 Å². The number of nitrogens with zero attached hydrogens (tertiary/aromatic N) is 1. The third kappa shape index (κ3) is 4.36. The summed E-state index contributed by atoms with van der Waals surface area (Å²) in [4.78, 5) is 13.2. The highest BCUT2D eigenvalue weighted by Gasteiger charge is 2.14. The molecule has 0 radical (unpaired) electrons. The number of benzene rings is 1. The van der Waals surface area contributed by atoms with E-state index in [1.807, 2.05) is 4.90 Å². The number of hydrogen-bond donors (Lipinski definition) is 0. The fraction of sp³-hybridized carbons (Fsp3) is 0.250. The molecule has 0 fully saturated rings. The second-order valence-electron chi connectivity index (χ2n) is 4.48. The van der Waals surface area contributed by atoms with Gasteiger partial charge in [0.25, 0.3) is 4.74 Å². The van der Waals surface area contributed by atoms with Crippen LogP contribution in [0.5, 0.6) is 5.75 Å². The molecule has 2 aromatic rings. The molecule has 1 aromatic heterocycles. The van der Waals surface area contributed by atoms with Crippen LogP contribution in [0.4, 0.5) is 5.00 Å². The Balaban J connectivity index is 2.19. The SMILES string of the molecule is CN(Cc1ccc(OS(C)(=O)=O)c(Cl)c1)c1ssc(=O)c1Cl. The van der Waals surface area contributed by atoms with E-state index in [0.717, 1.165) is 22.2 Å². The molecule has 0 spiro atoms. The second kappa shape index (κ2) is 6.76. The fourth-order valence-electron chi connectivity index (χ4n) is 1.69. The molecule has 120 valence electrons. The van der Waals surface area contributed by atoms with E-state index in [-0.39, 0.29) is 20.5 Å². The lowest BCUT2D eigenvalue weighted by atomic mass is 10.2. The van der Waals surface area contributed by atoms with Gasteiger partial charge in [0.2, 0.25) is 0 Å². The van der Waals surface area contributed by atoms with Crippen LogP contribution in [0.25, 0.3) is 0 Å². The fourth-order valence-corrected chi connectivity index (χ4v) is 5.19. The first kappa shape index (κ1) is 17.6. The van der Waals surface area contributed by atoms with E-state index >= 15 is 0 Å². The van der Waals surface area contributed by atoms with E-state index in [1.165, 1.54) is 16.4 Å². The van der Waals surface area contributed by atoms with E-state index in [4.69, 9.17) is 27.4 Å². The maximum atomic E-state index is 11.4. The van der Waals surface area contributed by atoms with Crippen molar-refractivity contribution in [3.8, 4) is 5.75 Å². The van der Waals surface area contributed by atoms with Crippen LogP contribution in [-0.4, -0.2) is 21.7 Å². The smallest absolute Gasteiger partial charge is 0.306 e. The first-order chi connectivity index (χ1) is 10.2. The molecular formula is C12H11Cl2NO4S3. The van der Waals surface area contributed by atoms with Crippen LogP contribution in [0.2, 0.25) is 10.0 Å². The molecule has 0 aliphatic heterocycles. The number of rotatable bonds is 5. The molecule has 0 bridgehead atoms. The summed E-state index contributed by atoms with van der Waals surface area (Å²) < 4.78 is 26.8. The van der Waals surface area contributed by atoms with Crippen molar-refractivity contribution in [3.05, 3.63) is 43.3 Å². The summed E-state index contributed by atoms with van der Waals surface area (Å²) in [6.45, 7) is 0.464. The van der Waals surface area contributed by atoms with Crippen LogP contribution < -0.4 is 13.8 Å². The predicted molar refractivity (Wildman–Crippen MR) is 92.5 cm³/mol. The van der Waals surface area contributed by atoms with E-state index in [0.29, 0.717) is 11.5 Å². The maximum absolute atomic E-state index is 11.4. The van der Waals surface area contributed by atoms with Gasteiger partial charge >= 0.3 is 10.1 Å². The molecule has 10 heteroatoms. The number of anilines is 1. The minimum atomic E-state index is -3.63. The van der Waals surface area contributed by atoms with Crippen molar-refractivity contribution in [3.63, 3.8) is 0 Å². The summed E-state index contributed by atoms with van der Waals surface area (Å²) in [5, 5.41) is 1.09. The summed E-state index contributed by atoms with van der Waals surface area (Å²) in [6, 6.07) is 4.80. The Morgan fingerprint density at radius 3 is 2.45 bits per heavy atom. The lowest BCUT2D eigenvalue weighted by Crippen LogP contribution is -2.16. The molecule has 1 heterocycles. The molecular weight excluding hydrogens is 389 g/mol. The standard InChI is InChI=1S/C12H11Cl2NO4S3/c1-15(11-10(14)12(16)21-20-11)6-7-3-4-9(8(13)5-7)19-22(2,17)18/h3-5H,6H2,1-2H3. The molecule has 0 aliphatic rings. The molecule has 0 atom stereocenters. The molecule has 22 heavy (non-hydrogen) atoms. The number of halogens is 2. The molecule has 0 aliphatic carbocycles. The maximum Gasteiger partial charge on any atom is 0.306 e. The summed E-state index contributed by atoms with van der Waals surface area (Å²) >= 11 is 12.0. The van der Waals surface area contributed by atoms with Crippen LogP contribution >= 0.6 is 43.9 Å². The van der Waals surface area contributed by atoms with Crippen molar-refractivity contribution >= 4 is 59.0 Å². The molecule has 0 N–H and O–H groups in total. The van der Waals surface area contributed by atoms with Gasteiger partial charge < -0.3 is 9.08 Å². The monoisotopic (exact) mass is 399 g/mol. The minimum Gasteiger partial charge on any atom is -0.381 e. The van der Waals surface area contributed by atoms with Crippen LogP contribution in [0.15, 0.2) is 23.0 Å². The van der Waals surface area contributed by atoms with Crippen molar-refractivity contribution in [2.45, 2.75) is 6.54 Å². The lowest BCUT2D eigenvalue weighted by molar-refractivity contribution is 0.493. The minimum absolute atomic E-state index is 0.0776. The Morgan fingerprint density at radius 2 is 1.95 bits per heavy atom. The second-order valence-corrected chi connectivity index (χ2v) is 8.93. The van der Waals surface area contributed by atoms with Crippen molar-refractivity contribution in [1.29, 1.82) is 0 Å². The van der Waals surface area contributed by atoms with E-state index in [9.17, 15) is 13.2 Å². The van der Waals surface area contributed by atoms with Gasteiger partial charge in [0.15, 0.2) is 5.75 Å². The first-order valence-corrected chi connectivity index (χ1v) is 10.6. The zero-order valence-corrected chi connectivity index (χ0v) is 15.5. The van der Waals surface area contributed by atoms with Crippen molar-refractivity contribution < 1.29 is 12.6 Å². The van der Waals surface area contributed by atoms with Gasteiger partial charge in [0, 0.05) is 13.6 Å². The lowest BCUT2D eigenvalue weighted by Gasteiger charge is -2.17. The highest BCUT2D eigenvalue weighted by molar-refractivity contribution is 7.86. The summed E-state index contributed by atoms with van der Waals surface area (Å²) in [7, 11) is 0.565. The Kier molecular flexibility index (Phi) is 5.39. The molecule has 5 nitrogen and oxygen atoms in total. The Labute approximate surface area is 145 Å². The quantitative estimate of drug-likeness (QED) is 0.568. The van der Waals surface area contributed by atoms with Gasteiger partial charge in [-0.2, -0.15) is 8.42 Å². The topological polar surface area (TPSA) is 63.7 Å². The van der Waals surface area contributed by atoms with Gasteiger partial charge in [0.1, 0.15) is 10.0 Å². The third-order valence-corrected chi connectivity index (χ3v) is 6.21. The van der Waals surface area contributed by atoms with Crippen molar-refractivity contribution in [2.75, 3.05) is 18.2 Å². The highest BCUT2D eigenvalue weighted by Crippen LogP contribution is 2.32. The molecule has 0 unspecified atom stereocenters. The molecule has 0 amide bonds.